The van der Waals surface area contributed by atoms with E-state index in [1.807, 2.05) is 0 Å². The van der Waals surface area contributed by atoms with E-state index in [1.54, 1.807) is 0 Å². The molecule has 0 aromatic carbocycles. The molecule has 2 aliphatic rings. The van der Waals surface area contributed by atoms with Gasteiger partial charge in [-0.3, -0.25) is 0 Å². The maximum atomic E-state index is 2.30. The molecule has 0 aromatic rings. The van der Waals surface area contributed by atoms with E-state index in [4.69, 9.17) is 0 Å². The van der Waals surface area contributed by atoms with Gasteiger partial charge in [0.1, 0.15) is 0 Å². The summed E-state index contributed by atoms with van der Waals surface area (Å²) in [5.41, 5.74) is 0. The van der Waals surface area contributed by atoms with Crippen LogP contribution in [0.4, 0.5) is 0 Å². The van der Waals surface area contributed by atoms with E-state index in [0.717, 1.165) is 27.8 Å². The van der Waals surface area contributed by atoms with E-state index in [9.17, 15) is 0 Å². The zero-order chi connectivity index (χ0) is 7.52. The fraction of sp³-hybridized carbons (Fsp3) is 0.200. The van der Waals surface area contributed by atoms with E-state index in [1.165, 1.54) is 8.94 Å². The molecule has 0 radical (unpaired) electrons. The second-order valence-corrected chi connectivity index (χ2v) is 4.07. The van der Waals surface area contributed by atoms with Gasteiger partial charge in [-0.2, -0.15) is 0 Å². The van der Waals surface area contributed by atoms with Crippen LogP contribution in [0.3, 0.4) is 0 Å². The predicted octanol–water partition coefficient (Wildman–Crippen LogP) is 2.76. The Morgan fingerprint density at radius 3 is 1.82 bits per heavy atom. The summed E-state index contributed by atoms with van der Waals surface area (Å²) in [7, 11) is 0. The van der Waals surface area contributed by atoms with Crippen LogP contribution in [0.2, 0.25) is 0 Å². The summed E-state index contributed by atoms with van der Waals surface area (Å²) in [6.45, 7) is 0. The Balaban J connectivity index is 1.99. The molecule has 0 unspecified atom stereocenters. The molecule has 0 saturated carbocycles. The van der Waals surface area contributed by atoms with E-state index in [2.05, 4.69) is 36.5 Å². The fourth-order valence-electron chi connectivity index (χ4n) is 1.10. The van der Waals surface area contributed by atoms with Gasteiger partial charge in [-0.1, -0.05) is 0 Å². The summed E-state index contributed by atoms with van der Waals surface area (Å²) in [6.07, 6.45) is 15.8. The molecule has 0 nitrogen and oxygen atoms in total. The zero-order valence-electron chi connectivity index (χ0n) is 6.23. The molecular formula is C10H10Fe. The van der Waals surface area contributed by atoms with Crippen molar-refractivity contribution in [1.82, 2.24) is 0 Å². The Bertz CT molecular complexity index is 239. The van der Waals surface area contributed by atoms with Crippen LogP contribution in [0, 0.1) is 0 Å². The molecule has 0 saturated heterocycles. The quantitative estimate of drug-likeness (QED) is 0.581. The van der Waals surface area contributed by atoms with Crippen LogP contribution < -0.4 is 0 Å². The van der Waals surface area contributed by atoms with Crippen LogP contribution >= 0.6 is 0 Å². The van der Waals surface area contributed by atoms with Crippen molar-refractivity contribution >= 4 is 0 Å². The van der Waals surface area contributed by atoms with Gasteiger partial charge in [0.25, 0.3) is 0 Å². The SMILES string of the molecule is C1=C[C]([Fe][C]2=CCC=C2)=CC1. The minimum absolute atomic E-state index is 1.13. The molecule has 0 heterocycles. The van der Waals surface area contributed by atoms with Gasteiger partial charge >= 0.3 is 73.2 Å². The molecular weight excluding hydrogens is 176 g/mol. The molecule has 0 amide bonds. The summed E-state index contributed by atoms with van der Waals surface area (Å²) in [5.74, 6) is 0. The Kier molecular flexibility index (Phi) is 2.11. The number of hydrogen-bond donors (Lipinski definition) is 0. The van der Waals surface area contributed by atoms with Crippen LogP contribution in [-0.2, 0) is 15.0 Å². The first-order chi connectivity index (χ1) is 5.45. The Morgan fingerprint density at radius 1 is 0.909 bits per heavy atom. The van der Waals surface area contributed by atoms with Gasteiger partial charge in [0, 0.05) is 0 Å². The molecule has 0 N–H and O–H groups in total. The summed E-state index contributed by atoms with van der Waals surface area (Å²) in [4.78, 5) is 0. The minimum atomic E-state index is 1.13. The normalized spacial score (nSPS) is 21.1. The van der Waals surface area contributed by atoms with Crippen LogP contribution in [0.15, 0.2) is 45.4 Å². The molecule has 1 heteroatoms. The third-order valence-electron chi connectivity index (χ3n) is 1.64. The molecule has 0 bridgehead atoms. The van der Waals surface area contributed by atoms with E-state index < -0.39 is 0 Å². The van der Waals surface area contributed by atoms with E-state index in [0.29, 0.717) is 0 Å². The van der Waals surface area contributed by atoms with Gasteiger partial charge in [0.2, 0.25) is 0 Å². The Hall–Kier alpha value is -0.521. The van der Waals surface area contributed by atoms with Gasteiger partial charge in [0.05, 0.1) is 0 Å². The number of hydrogen-bond acceptors (Lipinski definition) is 0. The third kappa shape index (κ3) is 1.74. The maximum absolute atomic E-state index is 2.30. The van der Waals surface area contributed by atoms with Crippen LogP contribution in [0.25, 0.3) is 0 Å². The second kappa shape index (κ2) is 3.25. The van der Waals surface area contributed by atoms with E-state index >= 15 is 0 Å². The van der Waals surface area contributed by atoms with Crippen LogP contribution in [0.1, 0.15) is 12.8 Å². The van der Waals surface area contributed by atoms with Crippen molar-refractivity contribution in [1.29, 1.82) is 0 Å². The third-order valence-corrected chi connectivity index (χ3v) is 3.09. The molecule has 11 heavy (non-hydrogen) atoms. The number of allylic oxidation sites excluding steroid dienone is 8. The first-order valence-electron chi connectivity index (χ1n) is 3.81. The second-order valence-electron chi connectivity index (χ2n) is 2.51. The fourth-order valence-corrected chi connectivity index (χ4v) is 2.39. The summed E-state index contributed by atoms with van der Waals surface area (Å²) in [6, 6.07) is 0. The van der Waals surface area contributed by atoms with Crippen molar-refractivity contribution in [3.63, 3.8) is 0 Å². The van der Waals surface area contributed by atoms with Crippen molar-refractivity contribution in [3.8, 4) is 0 Å². The van der Waals surface area contributed by atoms with Crippen LogP contribution in [-0.4, -0.2) is 0 Å². The van der Waals surface area contributed by atoms with E-state index in [-0.39, 0.29) is 0 Å². The predicted molar refractivity (Wildman–Crippen MR) is 43.7 cm³/mol. The molecule has 0 aliphatic heterocycles. The van der Waals surface area contributed by atoms with Crippen molar-refractivity contribution in [3.05, 3.63) is 45.4 Å². The van der Waals surface area contributed by atoms with Crippen LogP contribution in [0.5, 0.6) is 0 Å². The Labute approximate surface area is 73.5 Å². The molecule has 0 atom stereocenters. The molecule has 58 valence electrons. The summed E-state index contributed by atoms with van der Waals surface area (Å²) in [5, 5.41) is 0. The topological polar surface area (TPSA) is 0 Å². The van der Waals surface area contributed by atoms with Crippen molar-refractivity contribution in [2.45, 2.75) is 12.8 Å². The molecule has 0 spiro atoms. The average Bonchev–Trinajstić information content (AvgIpc) is 2.60. The average molecular weight is 186 g/mol. The Morgan fingerprint density at radius 2 is 1.45 bits per heavy atom. The summed E-state index contributed by atoms with van der Waals surface area (Å²) < 4.78 is 2.95. The molecule has 0 aromatic heterocycles. The molecule has 2 aliphatic carbocycles. The first-order valence-corrected chi connectivity index (χ1v) is 4.91. The summed E-state index contributed by atoms with van der Waals surface area (Å²) >= 11 is 1.13. The van der Waals surface area contributed by atoms with Gasteiger partial charge in [-0.15, -0.1) is 0 Å². The van der Waals surface area contributed by atoms with Crippen molar-refractivity contribution in [2.24, 2.45) is 0 Å². The standard InChI is InChI=1S/2C5H5.Fe/c2*1-2-4-5-3-1;/h2*1-2,5H,3H2;. The first kappa shape index (κ1) is 7.15. The van der Waals surface area contributed by atoms with Crippen molar-refractivity contribution in [2.75, 3.05) is 0 Å². The molecule has 2 rings (SSSR count). The van der Waals surface area contributed by atoms with Gasteiger partial charge in [-0.05, 0) is 0 Å². The number of rotatable bonds is 2. The zero-order valence-corrected chi connectivity index (χ0v) is 7.34. The van der Waals surface area contributed by atoms with Gasteiger partial charge in [0.15, 0.2) is 0 Å². The monoisotopic (exact) mass is 186 g/mol. The van der Waals surface area contributed by atoms with Gasteiger partial charge < -0.3 is 0 Å². The van der Waals surface area contributed by atoms with Gasteiger partial charge in [-0.25, -0.2) is 0 Å². The van der Waals surface area contributed by atoms with Crippen molar-refractivity contribution < 1.29 is 15.0 Å². The molecule has 0 fully saturated rings.